The van der Waals surface area contributed by atoms with Gasteiger partial charge in [0.2, 0.25) is 17.7 Å². The highest BCUT2D eigenvalue weighted by Gasteiger charge is 2.38. The van der Waals surface area contributed by atoms with E-state index in [1.807, 2.05) is 58.3 Å². The molecule has 0 aliphatic carbocycles. The Bertz CT molecular complexity index is 720. The van der Waals surface area contributed by atoms with Crippen LogP contribution in [0.3, 0.4) is 0 Å². The molecule has 0 aromatic heterocycles. The molecule has 7 nitrogen and oxygen atoms in total. The molecule has 30 heavy (non-hydrogen) atoms. The summed E-state index contributed by atoms with van der Waals surface area (Å²) in [4.78, 5) is 42.0. The molecule has 2 N–H and O–H groups in total. The van der Waals surface area contributed by atoms with Crippen LogP contribution in [-0.4, -0.2) is 72.8 Å². The number of hydrogen-bond acceptors (Lipinski definition) is 4. The van der Waals surface area contributed by atoms with Crippen LogP contribution in [0.5, 0.6) is 0 Å². The molecule has 1 fully saturated rings. The molecule has 2 rings (SSSR count). The topological polar surface area (TPSA) is 81.8 Å². The first-order valence-electron chi connectivity index (χ1n) is 10.8. The van der Waals surface area contributed by atoms with Crippen molar-refractivity contribution < 1.29 is 14.4 Å². The number of hydrogen-bond donors (Lipinski definition) is 2. The third-order valence-electron chi connectivity index (χ3n) is 5.78. The molecule has 1 aromatic carbocycles. The minimum absolute atomic E-state index is 0.0711. The molecular weight excluding hydrogens is 380 g/mol. The largest absolute Gasteiger partial charge is 0.354 e. The highest BCUT2D eigenvalue weighted by molar-refractivity contribution is 5.93. The predicted molar refractivity (Wildman–Crippen MR) is 118 cm³/mol. The quantitative estimate of drug-likeness (QED) is 0.638. The van der Waals surface area contributed by atoms with Crippen molar-refractivity contribution in [2.45, 2.75) is 58.2 Å². The van der Waals surface area contributed by atoms with Crippen LogP contribution in [0.2, 0.25) is 0 Å². The predicted octanol–water partition coefficient (Wildman–Crippen LogP) is 1.43. The summed E-state index contributed by atoms with van der Waals surface area (Å²) in [5, 5.41) is 5.87. The van der Waals surface area contributed by atoms with Gasteiger partial charge in [-0.3, -0.25) is 19.3 Å². The van der Waals surface area contributed by atoms with Gasteiger partial charge in [0.1, 0.15) is 12.1 Å². The lowest BCUT2D eigenvalue weighted by molar-refractivity contribution is -0.142. The second-order valence-electron chi connectivity index (χ2n) is 8.59. The molecule has 0 spiro atoms. The summed E-state index contributed by atoms with van der Waals surface area (Å²) < 4.78 is 0. The van der Waals surface area contributed by atoms with E-state index in [0.717, 1.165) is 18.4 Å². The van der Waals surface area contributed by atoms with E-state index in [2.05, 4.69) is 10.6 Å². The lowest BCUT2D eigenvalue weighted by Gasteiger charge is -2.31. The van der Waals surface area contributed by atoms with Gasteiger partial charge in [0, 0.05) is 13.1 Å². The second kappa shape index (κ2) is 11.1. The first-order valence-corrected chi connectivity index (χ1v) is 10.8. The molecule has 0 saturated carbocycles. The Morgan fingerprint density at radius 2 is 1.80 bits per heavy atom. The normalized spacial score (nSPS) is 18.4. The number of nitrogens with one attached hydrogen (secondary N) is 2. The first-order chi connectivity index (χ1) is 14.2. The number of likely N-dealkylation sites (tertiary alicyclic amines) is 1. The van der Waals surface area contributed by atoms with Crippen molar-refractivity contribution in [1.82, 2.24) is 20.4 Å². The van der Waals surface area contributed by atoms with Crippen molar-refractivity contribution in [2.24, 2.45) is 5.92 Å². The van der Waals surface area contributed by atoms with E-state index in [1.165, 1.54) is 0 Å². The van der Waals surface area contributed by atoms with Gasteiger partial charge in [-0.25, -0.2) is 0 Å². The van der Waals surface area contributed by atoms with Gasteiger partial charge in [0.15, 0.2) is 0 Å². The Labute approximate surface area is 180 Å². The average Bonchev–Trinajstić information content (AvgIpc) is 3.21. The monoisotopic (exact) mass is 416 g/mol. The fourth-order valence-corrected chi connectivity index (χ4v) is 3.60. The van der Waals surface area contributed by atoms with E-state index in [0.29, 0.717) is 19.5 Å². The van der Waals surface area contributed by atoms with Crippen molar-refractivity contribution in [3.63, 3.8) is 0 Å². The summed E-state index contributed by atoms with van der Waals surface area (Å²) in [6.45, 7) is 6.70. The zero-order valence-electron chi connectivity index (χ0n) is 18.9. The minimum Gasteiger partial charge on any atom is -0.354 e. The summed E-state index contributed by atoms with van der Waals surface area (Å²) in [6, 6.07) is 8.53. The molecule has 1 aliphatic heterocycles. The molecule has 1 saturated heterocycles. The summed E-state index contributed by atoms with van der Waals surface area (Å²) in [5.74, 6) is -0.550. The second-order valence-corrected chi connectivity index (χ2v) is 8.59. The first kappa shape index (κ1) is 23.9. The average molecular weight is 417 g/mol. The Morgan fingerprint density at radius 1 is 1.13 bits per heavy atom. The molecular formula is C23H36N4O3. The van der Waals surface area contributed by atoms with Crippen LogP contribution in [0.25, 0.3) is 0 Å². The lowest BCUT2D eigenvalue weighted by Crippen LogP contribution is -2.57. The van der Waals surface area contributed by atoms with Gasteiger partial charge in [0.05, 0.1) is 6.04 Å². The van der Waals surface area contributed by atoms with Gasteiger partial charge < -0.3 is 15.5 Å². The van der Waals surface area contributed by atoms with Crippen molar-refractivity contribution in [2.75, 3.05) is 27.2 Å². The van der Waals surface area contributed by atoms with Gasteiger partial charge >= 0.3 is 0 Å². The van der Waals surface area contributed by atoms with Gasteiger partial charge in [0.25, 0.3) is 0 Å². The Balaban J connectivity index is 1.97. The van der Waals surface area contributed by atoms with Crippen molar-refractivity contribution in [3.8, 4) is 0 Å². The van der Waals surface area contributed by atoms with Crippen molar-refractivity contribution in [3.05, 3.63) is 35.9 Å². The molecule has 0 radical (unpaired) electrons. The standard InChI is InChI=1S/C23H36N4O3/c1-16(2)20(25-21(28)17(3)26(4)5)23(30)27-15-9-12-19(27)22(29)24-14-13-18-10-7-6-8-11-18/h6-8,10-11,16-17,19-20H,9,12-15H2,1-5H3,(H,24,29)(H,25,28)/t17-,19-,20-/m0/s1. The fraction of sp³-hybridized carbons (Fsp3) is 0.609. The highest BCUT2D eigenvalue weighted by Crippen LogP contribution is 2.20. The smallest absolute Gasteiger partial charge is 0.246 e. The van der Waals surface area contributed by atoms with Crippen LogP contribution >= 0.6 is 0 Å². The minimum atomic E-state index is -0.641. The SMILES string of the molecule is CC(C)[C@H](NC(=O)[C@H](C)N(C)C)C(=O)N1CCC[C@H]1C(=O)NCCc1ccccc1. The van der Waals surface area contributed by atoms with E-state index in [-0.39, 0.29) is 29.7 Å². The Hall–Kier alpha value is -2.41. The number of carbonyl (C=O) groups excluding carboxylic acids is 3. The molecule has 7 heteroatoms. The number of amides is 3. The Kier molecular flexibility index (Phi) is 8.84. The van der Waals surface area contributed by atoms with Crippen LogP contribution < -0.4 is 10.6 Å². The number of carbonyl (C=O) groups is 3. The summed E-state index contributed by atoms with van der Waals surface area (Å²) in [6.07, 6.45) is 2.19. The lowest BCUT2D eigenvalue weighted by atomic mass is 10.0. The van der Waals surface area contributed by atoms with E-state index in [9.17, 15) is 14.4 Å². The van der Waals surface area contributed by atoms with Crippen LogP contribution in [0, 0.1) is 5.92 Å². The van der Waals surface area contributed by atoms with E-state index >= 15 is 0 Å². The zero-order chi connectivity index (χ0) is 22.3. The maximum atomic E-state index is 13.2. The van der Waals surface area contributed by atoms with Crippen LogP contribution in [0.1, 0.15) is 39.2 Å². The number of benzene rings is 1. The molecule has 166 valence electrons. The van der Waals surface area contributed by atoms with Crippen LogP contribution in [0.4, 0.5) is 0 Å². The highest BCUT2D eigenvalue weighted by atomic mass is 16.2. The fourth-order valence-electron chi connectivity index (χ4n) is 3.60. The summed E-state index contributed by atoms with van der Waals surface area (Å²) in [7, 11) is 3.65. The molecule has 0 unspecified atom stereocenters. The summed E-state index contributed by atoms with van der Waals surface area (Å²) in [5.41, 5.74) is 1.16. The molecule has 1 aliphatic rings. The van der Waals surface area contributed by atoms with E-state index in [1.54, 1.807) is 16.7 Å². The molecule has 1 aromatic rings. The third-order valence-corrected chi connectivity index (χ3v) is 5.78. The maximum absolute atomic E-state index is 13.2. The Morgan fingerprint density at radius 3 is 2.40 bits per heavy atom. The molecule has 3 amide bonds. The van der Waals surface area contributed by atoms with Gasteiger partial charge in [-0.05, 0) is 51.8 Å². The van der Waals surface area contributed by atoms with Crippen molar-refractivity contribution >= 4 is 17.7 Å². The summed E-state index contributed by atoms with van der Waals surface area (Å²) >= 11 is 0. The number of nitrogens with zero attached hydrogens (tertiary/aromatic N) is 2. The van der Waals surface area contributed by atoms with Gasteiger partial charge in [-0.15, -0.1) is 0 Å². The molecule has 3 atom stereocenters. The van der Waals surface area contributed by atoms with E-state index < -0.39 is 12.1 Å². The number of rotatable bonds is 9. The van der Waals surface area contributed by atoms with Gasteiger partial charge in [-0.2, -0.15) is 0 Å². The molecule has 1 heterocycles. The zero-order valence-corrected chi connectivity index (χ0v) is 18.9. The van der Waals surface area contributed by atoms with Gasteiger partial charge in [-0.1, -0.05) is 44.2 Å². The maximum Gasteiger partial charge on any atom is 0.246 e. The molecule has 0 bridgehead atoms. The third kappa shape index (κ3) is 6.29. The van der Waals surface area contributed by atoms with Crippen LogP contribution in [0.15, 0.2) is 30.3 Å². The van der Waals surface area contributed by atoms with E-state index in [4.69, 9.17) is 0 Å². The van der Waals surface area contributed by atoms with Crippen LogP contribution in [-0.2, 0) is 20.8 Å². The van der Waals surface area contributed by atoms with Crippen molar-refractivity contribution in [1.29, 1.82) is 0 Å². The number of likely N-dealkylation sites (N-methyl/N-ethyl adjacent to an activating group) is 1.